The predicted octanol–water partition coefficient (Wildman–Crippen LogP) is 18.9. The van der Waals surface area contributed by atoms with Crippen LogP contribution in [-0.2, 0) is 28.2 Å². The van der Waals surface area contributed by atoms with Crippen LogP contribution in [0.3, 0.4) is 0 Å². The Bertz CT molecular complexity index is 3610. The molecule has 0 spiro atoms. The first-order chi connectivity index (χ1) is 39.7. The summed E-state index contributed by atoms with van der Waals surface area (Å²) in [6.07, 6.45) is 8.06. The number of rotatable bonds is 14. The van der Waals surface area contributed by atoms with Crippen molar-refractivity contribution < 1.29 is 50.1 Å². The molecule has 7 aromatic carbocycles. The highest BCUT2D eigenvalue weighted by Gasteiger charge is 2.50. The zero-order valence-corrected chi connectivity index (χ0v) is 47.8. The lowest BCUT2D eigenvalue weighted by molar-refractivity contribution is -0.143. The number of unbranched alkanes of at least 4 members (excludes halogenated alkanes) is 2. The van der Waals surface area contributed by atoms with Crippen molar-refractivity contribution in [3.63, 3.8) is 0 Å². The molecular formula is C70H70F6N2O5. The minimum absolute atomic E-state index is 0.0165. The van der Waals surface area contributed by atoms with Gasteiger partial charge in [0.05, 0.1) is 25.3 Å². The second kappa shape index (κ2) is 22.6. The van der Waals surface area contributed by atoms with E-state index in [-0.39, 0.29) is 40.5 Å². The Labute approximate surface area is 481 Å². The highest BCUT2D eigenvalue weighted by molar-refractivity contribution is 6.11. The van der Waals surface area contributed by atoms with Crippen LogP contribution in [0, 0.1) is 30.6 Å². The van der Waals surface area contributed by atoms with Crippen LogP contribution in [0.25, 0.3) is 39.1 Å². The molecule has 13 heteroatoms. The third kappa shape index (κ3) is 10.9. The minimum Gasteiger partial charge on any atom is -0.497 e. The summed E-state index contributed by atoms with van der Waals surface area (Å²) in [6.45, 7) is 7.33. The summed E-state index contributed by atoms with van der Waals surface area (Å²) in [4.78, 5) is 27.2. The first kappa shape index (κ1) is 57.3. The zero-order valence-electron chi connectivity index (χ0n) is 47.8. The third-order valence-corrected chi connectivity index (χ3v) is 18.5. The topological polar surface area (TPSA) is 85.9 Å². The molecule has 2 N–H and O–H groups in total. The fraction of sp³-hybridized carbons (Fsp3) is 0.371. The Morgan fingerprint density at radius 3 is 1.94 bits per heavy atom. The normalized spacial score (nSPS) is 20.9. The average Bonchev–Trinajstić information content (AvgIpc) is 1.95. The quantitative estimate of drug-likeness (QED) is 0.0837. The molecule has 7 aromatic rings. The first-order valence-electron chi connectivity index (χ1n) is 29.2. The van der Waals surface area contributed by atoms with Crippen molar-refractivity contribution in [3.05, 3.63) is 177 Å². The van der Waals surface area contributed by atoms with Gasteiger partial charge in [-0.25, -0.2) is 0 Å². The van der Waals surface area contributed by atoms with Crippen molar-refractivity contribution in [3.8, 4) is 39.5 Å². The smallest absolute Gasteiger partial charge is 0.416 e. The van der Waals surface area contributed by atoms with Gasteiger partial charge >= 0.3 is 12.4 Å². The van der Waals surface area contributed by atoms with E-state index in [1.54, 1.807) is 75.6 Å². The van der Waals surface area contributed by atoms with Gasteiger partial charge in [0.15, 0.2) is 5.60 Å². The molecule has 1 heterocycles. The molecule has 2 saturated carbocycles. The van der Waals surface area contributed by atoms with E-state index in [4.69, 9.17) is 14.2 Å². The number of halogens is 6. The van der Waals surface area contributed by atoms with Gasteiger partial charge in [-0.05, 0) is 181 Å². The summed E-state index contributed by atoms with van der Waals surface area (Å²) in [5.74, 6) is 3.25. The van der Waals surface area contributed by atoms with E-state index >= 15 is 13.2 Å². The van der Waals surface area contributed by atoms with Crippen LogP contribution in [0.4, 0.5) is 37.7 Å². The Morgan fingerprint density at radius 2 is 1.31 bits per heavy atom. The minimum atomic E-state index is -5.14. The number of amides is 2. The molecule has 4 aliphatic rings. The third-order valence-electron chi connectivity index (χ3n) is 18.5. The number of carbonyl (C=O) groups excluding carboxylic acids is 2. The molecule has 0 aromatic heterocycles. The molecule has 2 amide bonds. The van der Waals surface area contributed by atoms with Crippen molar-refractivity contribution in [1.29, 1.82) is 0 Å². The van der Waals surface area contributed by atoms with Gasteiger partial charge in [0.25, 0.3) is 5.91 Å². The highest BCUT2D eigenvalue weighted by atomic mass is 19.4. The highest BCUT2D eigenvalue weighted by Crippen LogP contribution is 2.62. The summed E-state index contributed by atoms with van der Waals surface area (Å²) in [7, 11) is 3.06. The van der Waals surface area contributed by atoms with Crippen LogP contribution in [0.1, 0.15) is 153 Å². The summed E-state index contributed by atoms with van der Waals surface area (Å²) in [5.41, 5.74) is -0.222. The lowest BCUT2D eigenvalue weighted by atomic mass is 9.68. The van der Waals surface area contributed by atoms with Crippen molar-refractivity contribution in [1.82, 2.24) is 0 Å². The lowest BCUT2D eigenvalue weighted by Gasteiger charge is -2.38. The van der Waals surface area contributed by atoms with E-state index in [1.165, 1.54) is 58.5 Å². The number of anilines is 2. The standard InChI is InChI=1S/C70H70F6N2O5/c1-7-8-10-13-42-16-18-43(19-17-42)44-20-22-45(23-21-44)65(79)77-50-28-24-46(25-29-50)66(80)78-51-30-33-53(41(2)36-51)55-39-56-57(40-60(55)82-6)64-54(34-35-68(83-64,47-14-11-9-12-15-47)48-26-31-52(81-5)32-27-48)63-61(56)58-37-49(69(71,72)73)38-59(70(74,75)76)62(58)67(63,3)4/h9,11-12,14-15,24-40,42-45H,7-8,10,13,16-23H2,1-6H3,(H,77,79)(H,78,80). The largest absolute Gasteiger partial charge is 0.497 e. The van der Waals surface area contributed by atoms with E-state index in [0.717, 1.165) is 49.1 Å². The monoisotopic (exact) mass is 1130 g/mol. The maximum Gasteiger partial charge on any atom is 0.416 e. The van der Waals surface area contributed by atoms with Gasteiger partial charge in [-0.3, -0.25) is 9.59 Å². The van der Waals surface area contributed by atoms with E-state index in [0.29, 0.717) is 84.3 Å². The van der Waals surface area contributed by atoms with Gasteiger partial charge in [-0.15, -0.1) is 0 Å². The van der Waals surface area contributed by atoms with Gasteiger partial charge in [-0.1, -0.05) is 114 Å². The number of aryl methyl sites for hydroxylation is 1. The summed E-state index contributed by atoms with van der Waals surface area (Å²) in [5, 5.41) is 6.83. The number of methoxy groups -OCH3 is 2. The van der Waals surface area contributed by atoms with E-state index in [1.807, 2.05) is 73.7 Å². The van der Waals surface area contributed by atoms with Crippen molar-refractivity contribution in [2.75, 3.05) is 24.9 Å². The number of nitrogens with one attached hydrogen (secondary N) is 2. The maximum atomic E-state index is 15.3. The van der Waals surface area contributed by atoms with Gasteiger partial charge in [-0.2, -0.15) is 26.3 Å². The van der Waals surface area contributed by atoms with E-state index in [2.05, 4.69) is 17.6 Å². The predicted molar refractivity (Wildman–Crippen MR) is 316 cm³/mol. The Kier molecular flexibility index (Phi) is 15.6. The van der Waals surface area contributed by atoms with Crippen LogP contribution in [-0.4, -0.2) is 26.0 Å². The first-order valence-corrected chi connectivity index (χ1v) is 29.2. The summed E-state index contributed by atoms with van der Waals surface area (Å²) in [6, 6.07) is 33.5. The number of hydrogen-bond donors (Lipinski definition) is 2. The second-order valence-corrected chi connectivity index (χ2v) is 23.9. The Morgan fingerprint density at radius 1 is 0.651 bits per heavy atom. The van der Waals surface area contributed by atoms with Crippen molar-refractivity contribution >= 4 is 40.0 Å². The number of carbonyl (C=O) groups is 2. The second-order valence-electron chi connectivity index (χ2n) is 23.9. The van der Waals surface area contributed by atoms with E-state index < -0.39 is 34.5 Å². The fourth-order valence-corrected chi connectivity index (χ4v) is 14.2. The molecule has 432 valence electrons. The van der Waals surface area contributed by atoms with Crippen molar-refractivity contribution in [2.45, 2.75) is 128 Å². The molecule has 0 bridgehead atoms. The summed E-state index contributed by atoms with van der Waals surface area (Å²) >= 11 is 0. The van der Waals surface area contributed by atoms with Crippen molar-refractivity contribution in [2.24, 2.45) is 23.7 Å². The lowest BCUT2D eigenvalue weighted by Crippen LogP contribution is -2.35. The van der Waals surface area contributed by atoms with Crippen LogP contribution < -0.4 is 24.8 Å². The fourth-order valence-electron chi connectivity index (χ4n) is 14.2. The van der Waals surface area contributed by atoms with E-state index in [9.17, 15) is 22.8 Å². The average molecular weight is 1130 g/mol. The molecule has 0 radical (unpaired) electrons. The molecule has 11 rings (SSSR count). The van der Waals surface area contributed by atoms with Crippen LogP contribution >= 0.6 is 0 Å². The van der Waals surface area contributed by atoms with Gasteiger partial charge in [0, 0.05) is 55.9 Å². The number of hydrogen-bond acceptors (Lipinski definition) is 5. The Balaban J connectivity index is 0.898. The molecule has 1 atom stereocenters. The molecular weight excluding hydrogens is 1060 g/mol. The number of benzene rings is 7. The molecule has 83 heavy (non-hydrogen) atoms. The molecule has 1 aliphatic heterocycles. The molecule has 0 saturated heterocycles. The van der Waals surface area contributed by atoms with Gasteiger partial charge in [0.2, 0.25) is 5.91 Å². The molecule has 3 aliphatic carbocycles. The SMILES string of the molecule is CCCCCC1CCC(C2CCC(C(=O)Nc3ccc(C(=O)Nc4ccc(-c5cc6c7c(c8c(c6cc5OC)OC(c5ccccc5)(c5ccc(OC)cc5)C=C8)C(C)(C)c5c-7cc(C(F)(F)F)cc5C(F)(F)F)c(C)c4)cc3)CC2)CC1. The number of alkyl halides is 6. The molecule has 1 unspecified atom stereocenters. The molecule has 7 nitrogen and oxygen atoms in total. The van der Waals surface area contributed by atoms with Crippen LogP contribution in [0.5, 0.6) is 17.2 Å². The van der Waals surface area contributed by atoms with Crippen LogP contribution in [0.2, 0.25) is 0 Å². The zero-order chi connectivity index (χ0) is 58.6. The number of ether oxygens (including phenoxy) is 3. The maximum absolute atomic E-state index is 15.3. The van der Waals surface area contributed by atoms with Gasteiger partial charge < -0.3 is 24.8 Å². The summed E-state index contributed by atoms with van der Waals surface area (Å²) < 4.78 is 109. The van der Waals surface area contributed by atoms with Gasteiger partial charge in [0.1, 0.15) is 17.2 Å². The number of fused-ring (bicyclic) bond motifs is 8. The Hall–Kier alpha value is -7.54. The molecule has 2 fully saturated rings. The van der Waals surface area contributed by atoms with Crippen LogP contribution in [0.15, 0.2) is 127 Å².